The largest absolute Gasteiger partial charge is 0.365 e. The molecule has 0 bridgehead atoms. The Balaban J connectivity index is 2.04. The molecule has 4 rings (SSSR count). The number of benzene rings is 3. The van der Waals surface area contributed by atoms with Gasteiger partial charge in [0.1, 0.15) is 17.7 Å². The van der Waals surface area contributed by atoms with Gasteiger partial charge in [-0.25, -0.2) is 0 Å². The van der Waals surface area contributed by atoms with E-state index in [1.54, 1.807) is 0 Å². The fraction of sp³-hybridized carbons (Fsp3) is 0.0417. The zero-order valence-electron chi connectivity index (χ0n) is 15.3. The average Bonchev–Trinajstić information content (AvgIpc) is 2.75. The van der Waals surface area contributed by atoms with E-state index < -0.39 is 7.49 Å². The van der Waals surface area contributed by atoms with Crippen LogP contribution in [0.4, 0.5) is 0 Å². The average molecular weight is 371 g/mol. The number of hydrogen-bond donors (Lipinski definition) is 0. The van der Waals surface area contributed by atoms with Crippen molar-refractivity contribution in [1.29, 1.82) is 0 Å². The van der Waals surface area contributed by atoms with Gasteiger partial charge < -0.3 is 4.52 Å². The fourth-order valence-corrected chi connectivity index (χ4v) is 6.88. The molecular formula is C24H22NOP+2. The fourth-order valence-electron chi connectivity index (χ4n) is 3.32. The van der Waals surface area contributed by atoms with Crippen LogP contribution in [-0.4, -0.2) is 0 Å². The number of aromatic nitrogens is 1. The summed E-state index contributed by atoms with van der Waals surface area (Å²) in [5.41, 5.74) is 1.17. The normalized spacial score (nSPS) is 11.1. The van der Waals surface area contributed by atoms with Crippen LogP contribution in [0.3, 0.4) is 0 Å². The molecule has 0 saturated carbocycles. The van der Waals surface area contributed by atoms with Crippen molar-refractivity contribution < 1.29 is 9.09 Å². The Hall–Kier alpha value is -2.96. The summed E-state index contributed by atoms with van der Waals surface area (Å²) in [5.74, 6) is 0.877. The van der Waals surface area contributed by atoms with Crippen LogP contribution in [0, 0.1) is 0 Å². The van der Waals surface area contributed by atoms with Gasteiger partial charge in [-0.2, -0.15) is 4.57 Å². The van der Waals surface area contributed by atoms with E-state index in [4.69, 9.17) is 4.52 Å². The Kier molecular flexibility index (Phi) is 5.00. The van der Waals surface area contributed by atoms with Gasteiger partial charge in [0.2, 0.25) is 0 Å². The Morgan fingerprint density at radius 1 is 0.593 bits per heavy atom. The lowest BCUT2D eigenvalue weighted by molar-refractivity contribution is -0.653. The third kappa shape index (κ3) is 3.37. The van der Waals surface area contributed by atoms with E-state index in [1.807, 2.05) is 30.3 Å². The maximum Gasteiger partial charge on any atom is 0.365 e. The van der Waals surface area contributed by atoms with E-state index in [9.17, 15) is 0 Å². The lowest BCUT2D eigenvalue weighted by atomic mass is 10.3. The Labute approximate surface area is 161 Å². The van der Waals surface area contributed by atoms with Gasteiger partial charge in [-0.3, -0.25) is 0 Å². The second-order valence-electron chi connectivity index (χ2n) is 6.35. The number of para-hydroxylation sites is 1. The minimum absolute atomic E-state index is 0.877. The molecule has 2 nitrogen and oxygen atoms in total. The van der Waals surface area contributed by atoms with E-state index in [1.165, 1.54) is 16.0 Å². The first-order chi connectivity index (χ1) is 13.3. The van der Waals surface area contributed by atoms with Crippen molar-refractivity contribution in [2.45, 2.75) is 0 Å². The van der Waals surface area contributed by atoms with Gasteiger partial charge in [0.25, 0.3) is 0 Å². The van der Waals surface area contributed by atoms with Gasteiger partial charge in [-0.05, 0) is 42.5 Å². The number of hydrogen-bond acceptors (Lipinski definition) is 1. The van der Waals surface area contributed by atoms with Crippen molar-refractivity contribution >= 4 is 23.5 Å². The summed E-state index contributed by atoms with van der Waals surface area (Å²) in [6.07, 6.45) is 2.09. The molecule has 0 amide bonds. The highest BCUT2D eigenvalue weighted by Gasteiger charge is 2.56. The Morgan fingerprint density at radius 3 is 1.59 bits per heavy atom. The van der Waals surface area contributed by atoms with E-state index in [0.29, 0.717) is 0 Å². The topological polar surface area (TPSA) is 13.1 Å². The predicted octanol–water partition coefficient (Wildman–Crippen LogP) is 3.80. The molecule has 0 aliphatic carbocycles. The van der Waals surface area contributed by atoms with Crippen LogP contribution in [0.5, 0.6) is 5.75 Å². The molecule has 0 unspecified atom stereocenters. The van der Waals surface area contributed by atoms with Gasteiger partial charge in [-0.15, -0.1) is 0 Å². The SMILES string of the molecule is C[n+]1ccccc1[P+](Oc1ccccc1)(c1ccccc1)c1ccccc1. The number of aryl methyl sites for hydroxylation is 1. The summed E-state index contributed by atoms with van der Waals surface area (Å²) in [6.45, 7) is 0. The molecule has 27 heavy (non-hydrogen) atoms. The number of pyridine rings is 1. The molecule has 132 valence electrons. The first kappa shape index (κ1) is 17.5. The van der Waals surface area contributed by atoms with Crippen LogP contribution in [0.2, 0.25) is 0 Å². The van der Waals surface area contributed by atoms with Crippen molar-refractivity contribution in [3.63, 3.8) is 0 Å². The molecule has 1 aromatic heterocycles. The van der Waals surface area contributed by atoms with Gasteiger partial charge in [0.15, 0.2) is 11.9 Å². The summed E-state index contributed by atoms with van der Waals surface area (Å²) >= 11 is 0. The molecule has 0 aliphatic rings. The highest BCUT2D eigenvalue weighted by atomic mass is 31.2. The minimum Gasteiger partial charge on any atom is -0.328 e. The number of rotatable bonds is 5. The highest BCUT2D eigenvalue weighted by molar-refractivity contribution is 7.91. The zero-order chi connectivity index (χ0) is 18.5. The molecule has 0 aliphatic heterocycles. The summed E-state index contributed by atoms with van der Waals surface area (Å²) in [7, 11) is -0.262. The van der Waals surface area contributed by atoms with Crippen LogP contribution in [0.25, 0.3) is 0 Å². The highest BCUT2D eigenvalue weighted by Crippen LogP contribution is 2.55. The lowest BCUT2D eigenvalue weighted by Gasteiger charge is -2.23. The predicted molar refractivity (Wildman–Crippen MR) is 113 cm³/mol. The molecule has 0 radical (unpaired) electrons. The van der Waals surface area contributed by atoms with Crippen molar-refractivity contribution in [2.75, 3.05) is 0 Å². The molecule has 0 fully saturated rings. The monoisotopic (exact) mass is 371 g/mol. The van der Waals surface area contributed by atoms with E-state index >= 15 is 0 Å². The van der Waals surface area contributed by atoms with Crippen LogP contribution >= 0.6 is 7.49 Å². The molecule has 0 saturated heterocycles. The van der Waals surface area contributed by atoms with E-state index in [-0.39, 0.29) is 0 Å². The molecular weight excluding hydrogens is 349 g/mol. The Bertz CT molecular complexity index is 964. The molecule has 3 aromatic carbocycles. The van der Waals surface area contributed by atoms with E-state index in [2.05, 4.69) is 96.7 Å². The maximum atomic E-state index is 6.93. The molecule has 0 N–H and O–H groups in total. The maximum absolute atomic E-state index is 6.93. The van der Waals surface area contributed by atoms with Crippen LogP contribution in [0.1, 0.15) is 0 Å². The summed E-state index contributed by atoms with van der Waals surface area (Å²) < 4.78 is 9.11. The molecule has 0 atom stereocenters. The van der Waals surface area contributed by atoms with Gasteiger partial charge in [0, 0.05) is 6.07 Å². The quantitative estimate of drug-likeness (QED) is 0.384. The van der Waals surface area contributed by atoms with Crippen molar-refractivity contribution in [3.8, 4) is 5.75 Å². The first-order valence-electron chi connectivity index (χ1n) is 9.01. The van der Waals surface area contributed by atoms with Gasteiger partial charge >= 0.3 is 12.9 Å². The second-order valence-corrected chi connectivity index (χ2v) is 9.25. The van der Waals surface area contributed by atoms with Crippen molar-refractivity contribution in [2.24, 2.45) is 7.05 Å². The first-order valence-corrected chi connectivity index (χ1v) is 10.7. The molecule has 4 aromatic rings. The summed E-state index contributed by atoms with van der Waals surface area (Å²) in [4.78, 5) is 0. The van der Waals surface area contributed by atoms with Crippen LogP contribution in [0.15, 0.2) is 115 Å². The van der Waals surface area contributed by atoms with Crippen molar-refractivity contribution in [1.82, 2.24) is 0 Å². The van der Waals surface area contributed by atoms with Crippen LogP contribution < -0.4 is 25.1 Å². The second kappa shape index (κ2) is 7.73. The Morgan fingerprint density at radius 2 is 1.07 bits per heavy atom. The van der Waals surface area contributed by atoms with E-state index in [0.717, 1.165) is 5.75 Å². The summed E-state index contributed by atoms with van der Waals surface area (Å²) in [6, 6.07) is 37.6. The molecule has 0 spiro atoms. The van der Waals surface area contributed by atoms with Crippen LogP contribution in [-0.2, 0) is 7.05 Å². The summed E-state index contributed by atoms with van der Waals surface area (Å²) in [5, 5.41) is 2.39. The van der Waals surface area contributed by atoms with Gasteiger partial charge in [0.05, 0.1) is 6.07 Å². The lowest BCUT2D eigenvalue weighted by Crippen LogP contribution is -2.52. The number of nitrogens with zero attached hydrogens (tertiary/aromatic N) is 1. The smallest absolute Gasteiger partial charge is 0.328 e. The standard InChI is InChI=1S/C24H22NOP/c1-25-20-12-11-19-24(25)27(22-15-7-3-8-16-22,23-17-9-4-10-18-23)26-21-13-5-2-6-14-21/h2-20H,1H3/q+2. The van der Waals surface area contributed by atoms with Gasteiger partial charge in [-0.1, -0.05) is 54.6 Å². The van der Waals surface area contributed by atoms with Crippen molar-refractivity contribution in [3.05, 3.63) is 115 Å². The zero-order valence-corrected chi connectivity index (χ0v) is 16.2. The minimum atomic E-state index is -2.35. The molecule has 1 heterocycles. The third-order valence-corrected chi connectivity index (χ3v) is 8.22. The third-order valence-electron chi connectivity index (χ3n) is 4.58. The molecule has 3 heteroatoms.